The lowest BCUT2D eigenvalue weighted by molar-refractivity contribution is -0.118. The van der Waals surface area contributed by atoms with Gasteiger partial charge in [0.2, 0.25) is 21.8 Å². The molecular weight excluding hydrogens is 562 g/mol. The maximum atomic E-state index is 13.6. The second-order valence-corrected chi connectivity index (χ2v) is 12.9. The fourth-order valence-corrected chi connectivity index (χ4v) is 7.43. The van der Waals surface area contributed by atoms with E-state index in [1.807, 2.05) is 6.07 Å². The third kappa shape index (κ3) is 6.75. The van der Waals surface area contributed by atoms with E-state index in [4.69, 9.17) is 14.4 Å². The van der Waals surface area contributed by atoms with Gasteiger partial charge in [-0.05, 0) is 48.2 Å². The number of nitrogens with zero attached hydrogens (tertiary/aromatic N) is 4. The first-order chi connectivity index (χ1) is 19.9. The summed E-state index contributed by atoms with van der Waals surface area (Å²) in [6.07, 6.45) is 6.64. The summed E-state index contributed by atoms with van der Waals surface area (Å²) in [5.74, 6) is 0.725. The lowest BCUT2D eigenvalue weighted by Crippen LogP contribution is -2.31. The predicted octanol–water partition coefficient (Wildman–Crippen LogP) is 5.70. The largest absolute Gasteiger partial charge is 0.481 e. The van der Waals surface area contributed by atoms with Gasteiger partial charge in [0, 0.05) is 19.0 Å². The molecule has 1 unspecified atom stereocenters. The molecule has 1 N–H and O–H groups in total. The summed E-state index contributed by atoms with van der Waals surface area (Å²) in [6, 6.07) is 15.4. The highest BCUT2D eigenvalue weighted by atomic mass is 32.2. The Morgan fingerprint density at radius 2 is 1.98 bits per heavy atom. The van der Waals surface area contributed by atoms with Crippen molar-refractivity contribution in [1.82, 2.24) is 14.3 Å². The number of anilines is 1. The Bertz CT molecular complexity index is 1620. The van der Waals surface area contributed by atoms with Crippen molar-refractivity contribution in [3.63, 3.8) is 0 Å². The van der Waals surface area contributed by atoms with Crippen molar-refractivity contribution >= 4 is 42.7 Å². The number of rotatable bonds is 12. The van der Waals surface area contributed by atoms with Gasteiger partial charge in [0.1, 0.15) is 16.1 Å². The highest BCUT2D eigenvalue weighted by Crippen LogP contribution is 2.36. The van der Waals surface area contributed by atoms with Crippen molar-refractivity contribution in [3.8, 4) is 11.9 Å². The summed E-state index contributed by atoms with van der Waals surface area (Å²) in [6.45, 7) is 0.0608. The Morgan fingerprint density at radius 1 is 1.20 bits per heavy atom. The summed E-state index contributed by atoms with van der Waals surface area (Å²) in [4.78, 5) is 23.3. The molecule has 1 fully saturated rings. The van der Waals surface area contributed by atoms with Crippen LogP contribution in [0.15, 0.2) is 64.1 Å². The van der Waals surface area contributed by atoms with Gasteiger partial charge >= 0.3 is 0 Å². The number of ether oxygens (including phenoxy) is 1. The molecule has 214 valence electrons. The molecule has 0 saturated heterocycles. The Labute approximate surface area is 243 Å². The molecule has 5 rings (SSSR count). The van der Waals surface area contributed by atoms with Gasteiger partial charge in [0.05, 0.1) is 36.8 Å². The van der Waals surface area contributed by atoms with Crippen molar-refractivity contribution in [2.75, 3.05) is 19.0 Å². The van der Waals surface area contributed by atoms with Gasteiger partial charge in [-0.15, -0.1) is 0 Å². The zero-order valence-corrected chi connectivity index (χ0v) is 24.3. The molecule has 3 heterocycles. The van der Waals surface area contributed by atoms with E-state index in [-0.39, 0.29) is 30.3 Å². The molecule has 41 heavy (non-hydrogen) atoms. The molecular formula is C29H31N5O5S2. The van der Waals surface area contributed by atoms with Gasteiger partial charge in [-0.2, -0.15) is 9.57 Å². The van der Waals surface area contributed by atoms with Gasteiger partial charge in [-0.3, -0.25) is 4.79 Å². The average molecular weight is 594 g/mol. The fraction of sp³-hybridized carbons (Fsp3) is 0.379. The third-order valence-electron chi connectivity index (χ3n) is 7.34. The van der Waals surface area contributed by atoms with Crippen LogP contribution >= 0.6 is 11.3 Å². The van der Waals surface area contributed by atoms with Crippen LogP contribution in [0.5, 0.6) is 5.88 Å². The average Bonchev–Trinajstić information content (AvgIpc) is 3.76. The number of amides is 1. The molecule has 1 amide bonds. The number of fused-ring (bicyclic) bond motifs is 1. The topological polar surface area (TPSA) is 138 Å². The number of nitrogens with one attached hydrogen (secondary N) is 1. The molecule has 1 saturated carbocycles. The van der Waals surface area contributed by atoms with Crippen LogP contribution in [0, 0.1) is 17.2 Å². The number of hydrogen-bond donors (Lipinski definition) is 1. The second kappa shape index (κ2) is 12.8. The van der Waals surface area contributed by atoms with Crippen molar-refractivity contribution in [2.45, 2.75) is 55.9 Å². The molecule has 10 nitrogen and oxygen atoms in total. The molecule has 1 atom stereocenters. The number of carbonyl (C=O) groups is 1. The Balaban J connectivity index is 1.38. The molecule has 1 aliphatic rings. The smallest absolute Gasteiger partial charge is 0.243 e. The van der Waals surface area contributed by atoms with Crippen LogP contribution in [0.1, 0.15) is 55.8 Å². The second-order valence-electron chi connectivity index (χ2n) is 10.0. The molecule has 0 aliphatic heterocycles. The minimum absolute atomic E-state index is 0.0222. The van der Waals surface area contributed by atoms with E-state index in [0.29, 0.717) is 39.5 Å². The van der Waals surface area contributed by atoms with E-state index in [0.717, 1.165) is 31.2 Å². The molecule has 1 aromatic carbocycles. The number of benzene rings is 1. The molecule has 4 aromatic rings. The Kier molecular flexibility index (Phi) is 8.97. The number of methoxy groups -OCH3 is 1. The van der Waals surface area contributed by atoms with Gasteiger partial charge in [0.15, 0.2) is 5.13 Å². The van der Waals surface area contributed by atoms with Gasteiger partial charge in [-0.25, -0.2) is 18.4 Å². The molecule has 0 radical (unpaired) electrons. The first kappa shape index (κ1) is 28.7. The molecule has 12 heteroatoms. The normalized spacial score (nSPS) is 14.8. The number of aromatic nitrogens is 2. The molecule has 0 bridgehead atoms. The van der Waals surface area contributed by atoms with Crippen molar-refractivity contribution < 1.29 is 22.4 Å². The van der Waals surface area contributed by atoms with Crippen LogP contribution in [-0.2, 0) is 21.4 Å². The third-order valence-corrected chi connectivity index (χ3v) is 10.1. The predicted molar refractivity (Wildman–Crippen MR) is 155 cm³/mol. The van der Waals surface area contributed by atoms with E-state index >= 15 is 0 Å². The number of sulfonamides is 1. The number of hydrogen-bond acceptors (Lipinski definition) is 9. The van der Waals surface area contributed by atoms with Crippen LogP contribution in [-0.4, -0.2) is 42.3 Å². The van der Waals surface area contributed by atoms with Gasteiger partial charge in [0.25, 0.3) is 0 Å². The number of furan rings is 1. The first-order valence-electron chi connectivity index (χ1n) is 13.5. The Morgan fingerprint density at radius 3 is 2.66 bits per heavy atom. The minimum atomic E-state index is -3.91. The number of pyridine rings is 1. The van der Waals surface area contributed by atoms with Gasteiger partial charge < -0.3 is 14.5 Å². The van der Waals surface area contributed by atoms with E-state index in [1.54, 1.807) is 43.5 Å². The molecule has 3 aromatic heterocycles. The standard InChI is InChI=1S/C29H31N5O5S2/c1-38-26-14-13-25-28(32-26)40-29(31-25)33-27(35)24(18-20-6-2-3-7-20)21-9-11-23(12-10-21)41(36,37)34(16-5-15-30)19-22-8-4-17-39-22/h4,8-14,17,20,24H,2-3,5-7,16,18-19H2,1H3,(H,31,33,35). The molecule has 0 spiro atoms. The number of thiazole rings is 1. The lowest BCUT2D eigenvalue weighted by atomic mass is 9.87. The van der Waals surface area contributed by atoms with Gasteiger partial charge in [-0.1, -0.05) is 49.2 Å². The molecule has 1 aliphatic carbocycles. The summed E-state index contributed by atoms with van der Waals surface area (Å²) in [5, 5.41) is 12.5. The van der Waals surface area contributed by atoms with Crippen LogP contribution in [0.3, 0.4) is 0 Å². The minimum Gasteiger partial charge on any atom is -0.481 e. The summed E-state index contributed by atoms with van der Waals surface area (Å²) in [5.41, 5.74) is 1.41. The van der Waals surface area contributed by atoms with Crippen molar-refractivity contribution in [1.29, 1.82) is 5.26 Å². The first-order valence-corrected chi connectivity index (χ1v) is 15.7. The highest BCUT2D eigenvalue weighted by Gasteiger charge is 2.29. The zero-order chi connectivity index (χ0) is 28.8. The maximum Gasteiger partial charge on any atom is 0.243 e. The van der Waals surface area contributed by atoms with E-state index in [1.165, 1.54) is 34.0 Å². The van der Waals surface area contributed by atoms with E-state index in [2.05, 4.69) is 15.3 Å². The zero-order valence-electron chi connectivity index (χ0n) is 22.7. The van der Waals surface area contributed by atoms with E-state index < -0.39 is 15.9 Å². The van der Waals surface area contributed by atoms with Crippen LogP contribution in [0.4, 0.5) is 5.13 Å². The summed E-state index contributed by atoms with van der Waals surface area (Å²) < 4.78 is 38.8. The fourth-order valence-electron chi connectivity index (χ4n) is 5.19. The SMILES string of the molecule is COc1ccc2nc(NC(=O)C(CC3CCCC3)c3ccc(S(=O)(=O)N(CCC#N)Cc4ccco4)cc3)sc2n1. The van der Waals surface area contributed by atoms with Crippen LogP contribution < -0.4 is 10.1 Å². The van der Waals surface area contributed by atoms with Crippen LogP contribution in [0.2, 0.25) is 0 Å². The van der Waals surface area contributed by atoms with E-state index in [9.17, 15) is 13.2 Å². The maximum absolute atomic E-state index is 13.6. The van der Waals surface area contributed by atoms with Crippen LogP contribution in [0.25, 0.3) is 10.3 Å². The quantitative estimate of drug-likeness (QED) is 0.221. The monoisotopic (exact) mass is 593 g/mol. The summed E-state index contributed by atoms with van der Waals surface area (Å²) in [7, 11) is -2.36. The number of nitriles is 1. The summed E-state index contributed by atoms with van der Waals surface area (Å²) >= 11 is 1.28. The highest BCUT2D eigenvalue weighted by molar-refractivity contribution is 7.89. The van der Waals surface area contributed by atoms with Crippen molar-refractivity contribution in [3.05, 3.63) is 66.1 Å². The van der Waals surface area contributed by atoms with Crippen molar-refractivity contribution in [2.24, 2.45) is 5.92 Å². The lowest BCUT2D eigenvalue weighted by Gasteiger charge is -2.22. The number of carbonyl (C=O) groups excluding carboxylic acids is 1. The Hall–Kier alpha value is -3.79.